The summed E-state index contributed by atoms with van der Waals surface area (Å²) >= 11 is 0. The van der Waals surface area contributed by atoms with E-state index in [9.17, 15) is 0 Å². The summed E-state index contributed by atoms with van der Waals surface area (Å²) in [5.41, 5.74) is 15.8. The van der Waals surface area contributed by atoms with Gasteiger partial charge in [-0.2, -0.15) is 0 Å². The highest BCUT2D eigenvalue weighted by atomic mass is 15.1. The fourth-order valence-corrected chi connectivity index (χ4v) is 8.09. The summed E-state index contributed by atoms with van der Waals surface area (Å²) in [6.07, 6.45) is 6.78. The van der Waals surface area contributed by atoms with Crippen LogP contribution in [0.2, 0.25) is 0 Å². The minimum absolute atomic E-state index is 0.0190. The highest BCUT2D eigenvalue weighted by Crippen LogP contribution is 2.51. The first-order valence-electron chi connectivity index (χ1n) is 18.2. The van der Waals surface area contributed by atoms with Gasteiger partial charge in [0.2, 0.25) is 0 Å². The number of nitrogens with zero attached hydrogens (tertiary/aromatic N) is 1. The first-order valence-corrected chi connectivity index (χ1v) is 18.2. The zero-order valence-corrected chi connectivity index (χ0v) is 30.5. The highest BCUT2D eigenvalue weighted by molar-refractivity contribution is 5.86. The van der Waals surface area contributed by atoms with Crippen LogP contribution in [0.4, 0.5) is 17.1 Å². The van der Waals surface area contributed by atoms with E-state index in [4.69, 9.17) is 0 Å². The normalized spacial score (nSPS) is 16.0. The van der Waals surface area contributed by atoms with E-state index >= 15 is 0 Å². The first kappa shape index (κ1) is 32.4. The Hall–Kier alpha value is -4.10. The molecule has 1 heteroatoms. The first-order chi connectivity index (χ1) is 22.8. The Morgan fingerprint density at radius 2 is 1.15 bits per heavy atom. The van der Waals surface area contributed by atoms with Gasteiger partial charge in [0.15, 0.2) is 0 Å². The molecule has 7 rings (SSSR count). The van der Waals surface area contributed by atoms with Gasteiger partial charge in [0.1, 0.15) is 0 Å². The number of hydrogen-bond acceptors (Lipinski definition) is 1. The Morgan fingerprint density at radius 1 is 0.521 bits per heavy atom. The molecule has 1 fully saturated rings. The third-order valence-corrected chi connectivity index (χ3v) is 11.2. The van der Waals surface area contributed by atoms with Crippen LogP contribution in [0, 0.1) is 0 Å². The van der Waals surface area contributed by atoms with Gasteiger partial charge < -0.3 is 4.90 Å². The second-order valence-electron chi connectivity index (χ2n) is 17.0. The van der Waals surface area contributed by atoms with Crippen molar-refractivity contribution in [2.24, 2.45) is 0 Å². The van der Waals surface area contributed by atoms with E-state index in [0.717, 1.165) is 5.92 Å². The monoisotopic (exact) mass is 631 g/mol. The van der Waals surface area contributed by atoms with Crippen LogP contribution >= 0.6 is 0 Å². The van der Waals surface area contributed by atoms with Crippen LogP contribution in [0.5, 0.6) is 0 Å². The van der Waals surface area contributed by atoms with E-state index in [-0.39, 0.29) is 16.2 Å². The Balaban J connectivity index is 1.38. The molecule has 0 atom stereocenters. The number of benzene rings is 5. The predicted octanol–water partition coefficient (Wildman–Crippen LogP) is 13.8. The summed E-state index contributed by atoms with van der Waals surface area (Å²) in [4.78, 5) is 2.50. The van der Waals surface area contributed by atoms with E-state index in [1.165, 1.54) is 99.2 Å². The molecule has 0 bridgehead atoms. The van der Waals surface area contributed by atoms with Gasteiger partial charge in [-0.15, -0.1) is 0 Å². The van der Waals surface area contributed by atoms with Gasteiger partial charge in [-0.1, -0.05) is 147 Å². The van der Waals surface area contributed by atoms with Gasteiger partial charge in [-0.3, -0.25) is 0 Å². The van der Waals surface area contributed by atoms with Gasteiger partial charge in [0.05, 0.1) is 0 Å². The summed E-state index contributed by atoms with van der Waals surface area (Å²) < 4.78 is 0. The highest BCUT2D eigenvalue weighted by Gasteiger charge is 2.36. The van der Waals surface area contributed by atoms with Gasteiger partial charge in [0, 0.05) is 22.5 Å². The summed E-state index contributed by atoms with van der Waals surface area (Å²) in [6, 6.07) is 42.0. The minimum atomic E-state index is -0.0701. The number of anilines is 3. The van der Waals surface area contributed by atoms with E-state index in [2.05, 4.69) is 169 Å². The molecule has 5 aromatic rings. The Labute approximate surface area is 290 Å². The lowest BCUT2D eigenvalue weighted by Gasteiger charge is -2.32. The third kappa shape index (κ3) is 6.02. The zero-order chi connectivity index (χ0) is 33.8. The SMILES string of the molecule is CC(C)(C)c1cc(N(c2cccc(-c3ccc(C4CCCCC4)cc3)c2)c2ccc3c(c2)C(C)(C)c2ccccc2-3)cc(C(C)(C)C)c1. The van der Waals surface area contributed by atoms with Crippen molar-refractivity contribution in [2.75, 3.05) is 4.90 Å². The van der Waals surface area contributed by atoms with Crippen LogP contribution in [-0.2, 0) is 16.2 Å². The summed E-state index contributed by atoms with van der Waals surface area (Å²) in [7, 11) is 0. The lowest BCUT2D eigenvalue weighted by atomic mass is 9.80. The molecule has 0 spiro atoms. The average Bonchev–Trinajstić information content (AvgIpc) is 3.30. The molecule has 1 nitrogen and oxygen atoms in total. The fourth-order valence-electron chi connectivity index (χ4n) is 8.09. The van der Waals surface area contributed by atoms with Crippen LogP contribution in [0.3, 0.4) is 0 Å². The minimum Gasteiger partial charge on any atom is -0.310 e. The second-order valence-corrected chi connectivity index (χ2v) is 17.0. The zero-order valence-electron chi connectivity index (χ0n) is 30.5. The molecular weight excluding hydrogens is 579 g/mol. The Morgan fingerprint density at radius 3 is 1.81 bits per heavy atom. The maximum Gasteiger partial charge on any atom is 0.0467 e. The van der Waals surface area contributed by atoms with E-state index in [1.807, 2.05) is 0 Å². The number of rotatable bonds is 5. The lowest BCUT2D eigenvalue weighted by Crippen LogP contribution is -2.19. The van der Waals surface area contributed by atoms with Crippen LogP contribution < -0.4 is 4.90 Å². The molecule has 1 saturated carbocycles. The van der Waals surface area contributed by atoms with Gasteiger partial charge in [-0.25, -0.2) is 0 Å². The molecule has 0 N–H and O–H groups in total. The molecule has 0 aliphatic heterocycles. The molecule has 0 amide bonds. The smallest absolute Gasteiger partial charge is 0.0467 e. The van der Waals surface area contributed by atoms with Crippen molar-refractivity contribution in [1.29, 1.82) is 0 Å². The maximum atomic E-state index is 2.50. The quantitative estimate of drug-likeness (QED) is 0.187. The van der Waals surface area contributed by atoms with Gasteiger partial charge in [-0.05, 0) is 116 Å². The molecule has 2 aliphatic carbocycles. The molecular formula is C47H53N. The van der Waals surface area contributed by atoms with Gasteiger partial charge >= 0.3 is 0 Å². The molecule has 0 aromatic heterocycles. The van der Waals surface area contributed by atoms with Crippen molar-refractivity contribution in [3.63, 3.8) is 0 Å². The molecule has 5 aromatic carbocycles. The van der Waals surface area contributed by atoms with E-state index in [0.29, 0.717) is 0 Å². The number of hydrogen-bond donors (Lipinski definition) is 0. The van der Waals surface area contributed by atoms with Crippen LogP contribution in [0.25, 0.3) is 22.3 Å². The summed E-state index contributed by atoms with van der Waals surface area (Å²) in [5, 5.41) is 0. The Kier molecular flexibility index (Phi) is 8.18. The molecule has 0 unspecified atom stereocenters. The van der Waals surface area contributed by atoms with Crippen LogP contribution in [0.1, 0.15) is 121 Å². The standard InChI is InChI=1S/C47H53N/c1-45(2,3)36-28-37(46(4,5)6)30-40(29-36)48(39-25-26-42-41-19-12-13-20-43(41)47(7,8)44(42)31-39)38-18-14-17-35(27-38)34-23-21-33(22-24-34)32-15-10-9-11-16-32/h12-14,17-32H,9-11,15-16H2,1-8H3. The number of fused-ring (bicyclic) bond motifs is 3. The Bertz CT molecular complexity index is 1910. The molecule has 0 radical (unpaired) electrons. The van der Waals surface area contributed by atoms with Crippen molar-refractivity contribution in [3.05, 3.63) is 137 Å². The van der Waals surface area contributed by atoms with Crippen molar-refractivity contribution in [2.45, 2.75) is 110 Å². The van der Waals surface area contributed by atoms with Crippen LogP contribution in [0.15, 0.2) is 109 Å². The van der Waals surface area contributed by atoms with Crippen molar-refractivity contribution >= 4 is 17.1 Å². The maximum absolute atomic E-state index is 2.50. The van der Waals surface area contributed by atoms with E-state index in [1.54, 1.807) is 0 Å². The van der Waals surface area contributed by atoms with Crippen LogP contribution in [-0.4, -0.2) is 0 Å². The second kappa shape index (κ2) is 12.1. The molecule has 246 valence electrons. The van der Waals surface area contributed by atoms with Crippen molar-refractivity contribution < 1.29 is 0 Å². The van der Waals surface area contributed by atoms with E-state index < -0.39 is 0 Å². The average molecular weight is 632 g/mol. The van der Waals surface area contributed by atoms with Crippen molar-refractivity contribution in [3.8, 4) is 22.3 Å². The van der Waals surface area contributed by atoms with Crippen molar-refractivity contribution in [1.82, 2.24) is 0 Å². The summed E-state index contributed by atoms with van der Waals surface area (Å²) in [5.74, 6) is 0.719. The molecule has 2 aliphatic rings. The summed E-state index contributed by atoms with van der Waals surface area (Å²) in [6.45, 7) is 18.7. The largest absolute Gasteiger partial charge is 0.310 e. The lowest BCUT2D eigenvalue weighted by molar-refractivity contribution is 0.443. The fraction of sp³-hybridized carbons (Fsp3) is 0.362. The molecule has 48 heavy (non-hydrogen) atoms. The third-order valence-electron chi connectivity index (χ3n) is 11.2. The predicted molar refractivity (Wildman–Crippen MR) is 207 cm³/mol. The topological polar surface area (TPSA) is 3.24 Å². The molecule has 0 heterocycles. The van der Waals surface area contributed by atoms with Gasteiger partial charge in [0.25, 0.3) is 0 Å². The molecule has 0 saturated heterocycles.